The maximum Gasteiger partial charge on any atom is 0.309 e. The van der Waals surface area contributed by atoms with Crippen LogP contribution in [-0.2, 0) is 26.9 Å². The molecule has 0 aliphatic heterocycles. The summed E-state index contributed by atoms with van der Waals surface area (Å²) < 4.78 is 16.9. The zero-order valence-corrected chi connectivity index (χ0v) is 12.4. The van der Waals surface area contributed by atoms with Crippen molar-refractivity contribution < 1.29 is 13.7 Å². The molecule has 0 heterocycles. The summed E-state index contributed by atoms with van der Waals surface area (Å²) in [5, 5.41) is 0. The lowest BCUT2D eigenvalue weighted by molar-refractivity contribution is -0.148. The molecule has 0 amide bonds. The van der Waals surface area contributed by atoms with Gasteiger partial charge in [0.05, 0.1) is 5.92 Å². The molecule has 1 rings (SSSR count). The molecule has 0 saturated carbocycles. The van der Waals surface area contributed by atoms with Gasteiger partial charge in [0.25, 0.3) is 0 Å². The van der Waals surface area contributed by atoms with E-state index in [4.69, 9.17) is 4.74 Å². The van der Waals surface area contributed by atoms with E-state index in [1.54, 1.807) is 6.92 Å². The van der Waals surface area contributed by atoms with Gasteiger partial charge in [0.1, 0.15) is 6.61 Å². The second-order valence-corrected chi connectivity index (χ2v) is 6.28. The van der Waals surface area contributed by atoms with E-state index in [2.05, 4.69) is 6.92 Å². The average molecular weight is 282 g/mol. The first kappa shape index (κ1) is 15.9. The van der Waals surface area contributed by atoms with Crippen molar-refractivity contribution in [2.45, 2.75) is 33.3 Å². The Bertz CT molecular complexity index is 403. The summed E-state index contributed by atoms with van der Waals surface area (Å²) in [5.41, 5.74) is 0.968. The second kappa shape index (κ2) is 8.86. The van der Waals surface area contributed by atoms with Crippen molar-refractivity contribution in [3.05, 3.63) is 35.9 Å². The summed E-state index contributed by atoms with van der Waals surface area (Å²) in [6.07, 6.45) is 1.97. The molecule has 0 radical (unpaired) electrons. The lowest BCUT2D eigenvalue weighted by atomic mass is 10.2. The van der Waals surface area contributed by atoms with Gasteiger partial charge in [0, 0.05) is 22.3 Å². The third-order valence-corrected chi connectivity index (χ3v) is 4.40. The van der Waals surface area contributed by atoms with Gasteiger partial charge in [-0.25, -0.2) is 0 Å². The van der Waals surface area contributed by atoms with Crippen molar-refractivity contribution in [2.24, 2.45) is 5.92 Å². The second-order valence-electron chi connectivity index (χ2n) is 4.66. The minimum atomic E-state index is -0.919. The highest BCUT2D eigenvalue weighted by atomic mass is 32.2. The zero-order chi connectivity index (χ0) is 14.1. The highest BCUT2D eigenvalue weighted by Crippen LogP contribution is 2.07. The number of carbonyl (C=O) groups is 1. The molecule has 0 aliphatic carbocycles. The van der Waals surface area contributed by atoms with Crippen molar-refractivity contribution in [1.29, 1.82) is 0 Å². The predicted molar refractivity (Wildman–Crippen MR) is 78.2 cm³/mol. The fraction of sp³-hybridized carbons (Fsp3) is 0.533. The predicted octanol–water partition coefficient (Wildman–Crippen LogP) is 2.91. The molecular formula is C15H22O3S. The van der Waals surface area contributed by atoms with Gasteiger partial charge in [0.2, 0.25) is 0 Å². The molecule has 1 aromatic rings. The lowest BCUT2D eigenvalue weighted by Gasteiger charge is -2.11. The van der Waals surface area contributed by atoms with Crippen LogP contribution in [0.5, 0.6) is 0 Å². The molecule has 0 aromatic heterocycles. The number of hydrogen-bond acceptors (Lipinski definition) is 3. The quantitative estimate of drug-likeness (QED) is 0.689. The van der Waals surface area contributed by atoms with Gasteiger partial charge < -0.3 is 4.74 Å². The van der Waals surface area contributed by atoms with Gasteiger partial charge in [-0.1, -0.05) is 50.6 Å². The molecule has 0 aliphatic rings. The fourth-order valence-electron chi connectivity index (χ4n) is 1.61. The van der Waals surface area contributed by atoms with Gasteiger partial charge in [-0.3, -0.25) is 9.00 Å². The number of esters is 1. The third kappa shape index (κ3) is 6.53. The van der Waals surface area contributed by atoms with E-state index in [1.165, 1.54) is 0 Å². The molecule has 106 valence electrons. The van der Waals surface area contributed by atoms with Crippen LogP contribution in [0.1, 0.15) is 32.3 Å². The van der Waals surface area contributed by atoms with Crippen LogP contribution < -0.4 is 0 Å². The summed E-state index contributed by atoms with van der Waals surface area (Å²) in [5.74, 6) is 0.496. The molecule has 3 nitrogen and oxygen atoms in total. The Hall–Kier alpha value is -1.16. The molecule has 0 N–H and O–H groups in total. The van der Waals surface area contributed by atoms with Crippen LogP contribution in [0.2, 0.25) is 0 Å². The highest BCUT2D eigenvalue weighted by molar-refractivity contribution is 7.85. The maximum atomic E-state index is 11.8. The number of hydrogen-bond donors (Lipinski definition) is 0. The van der Waals surface area contributed by atoms with Crippen LogP contribution in [0.25, 0.3) is 0 Å². The monoisotopic (exact) mass is 282 g/mol. The Labute approximate surface area is 117 Å². The Morgan fingerprint density at radius 2 is 2.00 bits per heavy atom. The largest absolute Gasteiger partial charge is 0.461 e. The first-order valence-corrected chi connectivity index (χ1v) is 8.17. The van der Waals surface area contributed by atoms with Crippen molar-refractivity contribution in [3.63, 3.8) is 0 Å². The van der Waals surface area contributed by atoms with Gasteiger partial charge in [-0.05, 0) is 12.0 Å². The third-order valence-electron chi connectivity index (χ3n) is 2.79. The molecular weight excluding hydrogens is 260 g/mol. The Morgan fingerprint density at radius 1 is 1.32 bits per heavy atom. The minimum absolute atomic E-state index is 0.270. The molecule has 19 heavy (non-hydrogen) atoms. The first-order valence-electron chi connectivity index (χ1n) is 6.69. The number of unbranched alkanes of at least 4 members (excludes halogenated alkanes) is 1. The fourth-order valence-corrected chi connectivity index (χ4v) is 3.08. The van der Waals surface area contributed by atoms with Gasteiger partial charge in [0.15, 0.2) is 0 Å². The number of ether oxygens (including phenoxy) is 1. The van der Waals surface area contributed by atoms with Crippen LogP contribution in [0.4, 0.5) is 0 Å². The molecule has 0 fully saturated rings. The zero-order valence-electron chi connectivity index (χ0n) is 11.6. The summed E-state index contributed by atoms with van der Waals surface area (Å²) >= 11 is 0. The molecule has 0 saturated heterocycles. The van der Waals surface area contributed by atoms with Crippen molar-refractivity contribution in [1.82, 2.24) is 0 Å². The van der Waals surface area contributed by atoms with E-state index in [0.717, 1.165) is 18.4 Å². The molecule has 0 bridgehead atoms. The summed E-state index contributed by atoms with van der Waals surface area (Å²) in [7, 11) is -0.919. The van der Waals surface area contributed by atoms with Gasteiger partial charge >= 0.3 is 5.97 Å². The summed E-state index contributed by atoms with van der Waals surface area (Å²) in [6.45, 7) is 4.12. The van der Waals surface area contributed by atoms with Crippen LogP contribution >= 0.6 is 0 Å². The van der Waals surface area contributed by atoms with Gasteiger partial charge in [-0.2, -0.15) is 0 Å². The molecule has 0 spiro atoms. The summed E-state index contributed by atoms with van der Waals surface area (Å²) in [6, 6.07) is 9.57. The molecule has 4 heteroatoms. The van der Waals surface area contributed by atoms with E-state index < -0.39 is 10.8 Å². The number of benzene rings is 1. The van der Waals surface area contributed by atoms with E-state index >= 15 is 0 Å². The first-order chi connectivity index (χ1) is 9.13. The van der Waals surface area contributed by atoms with Crippen molar-refractivity contribution in [3.8, 4) is 0 Å². The topological polar surface area (TPSA) is 43.4 Å². The van der Waals surface area contributed by atoms with E-state index in [0.29, 0.717) is 11.5 Å². The standard InChI is InChI=1S/C15H22O3S/c1-3-4-10-19(17)12-13(2)15(16)18-11-14-8-6-5-7-9-14/h5-9,13H,3-4,10-12H2,1-2H3. The normalized spacial score (nSPS) is 13.8. The smallest absolute Gasteiger partial charge is 0.309 e. The Balaban J connectivity index is 2.30. The van der Waals surface area contributed by atoms with E-state index in [1.807, 2.05) is 30.3 Å². The summed E-state index contributed by atoms with van der Waals surface area (Å²) in [4.78, 5) is 11.8. The SMILES string of the molecule is CCCCS(=O)CC(C)C(=O)OCc1ccccc1. The van der Waals surface area contributed by atoms with Crippen molar-refractivity contribution >= 4 is 16.8 Å². The Kier molecular flexibility index (Phi) is 7.41. The lowest BCUT2D eigenvalue weighted by Crippen LogP contribution is -2.21. The van der Waals surface area contributed by atoms with Crippen LogP contribution in [0.3, 0.4) is 0 Å². The van der Waals surface area contributed by atoms with Crippen LogP contribution in [0, 0.1) is 5.92 Å². The average Bonchev–Trinajstić information content (AvgIpc) is 2.43. The number of carbonyl (C=O) groups excluding carboxylic acids is 1. The minimum Gasteiger partial charge on any atom is -0.461 e. The highest BCUT2D eigenvalue weighted by Gasteiger charge is 2.17. The Morgan fingerprint density at radius 3 is 2.63 bits per heavy atom. The molecule has 2 atom stereocenters. The maximum absolute atomic E-state index is 11.8. The molecule has 2 unspecified atom stereocenters. The number of rotatable bonds is 8. The van der Waals surface area contributed by atoms with Gasteiger partial charge in [-0.15, -0.1) is 0 Å². The van der Waals surface area contributed by atoms with E-state index in [9.17, 15) is 9.00 Å². The van der Waals surface area contributed by atoms with Crippen molar-refractivity contribution in [2.75, 3.05) is 11.5 Å². The van der Waals surface area contributed by atoms with Crippen LogP contribution in [-0.4, -0.2) is 21.7 Å². The van der Waals surface area contributed by atoms with E-state index in [-0.39, 0.29) is 18.5 Å². The molecule has 1 aromatic carbocycles. The van der Waals surface area contributed by atoms with Crippen LogP contribution in [0.15, 0.2) is 30.3 Å².